The summed E-state index contributed by atoms with van der Waals surface area (Å²) in [6.07, 6.45) is 5.46. The Morgan fingerprint density at radius 2 is 1.08 bits per heavy atom. The molecular weight excluding hydrogens is 649 g/mol. The van der Waals surface area contributed by atoms with E-state index in [2.05, 4.69) is 91.6 Å². The summed E-state index contributed by atoms with van der Waals surface area (Å²) < 4.78 is 0. The number of benzene rings is 5. The maximum atomic E-state index is 9.64. The SMILES string of the molecule is CC1(C)c2cc(C#N)ccc2-c2ccc(-c3cc(-c4ccccn4)cc(-c4nc(-c5ccccc5)nc(-c5ccc(-c6cccnc6)cc5)n4)c3)cc21. The second kappa shape index (κ2) is 12.9. The fourth-order valence-electron chi connectivity index (χ4n) is 7.29. The molecule has 0 spiro atoms. The summed E-state index contributed by atoms with van der Waals surface area (Å²) in [7, 11) is 0. The normalized spacial score (nSPS) is 12.5. The topological polar surface area (TPSA) is 88.2 Å². The molecule has 0 unspecified atom stereocenters. The molecular formula is C47H32N6. The van der Waals surface area contributed by atoms with E-state index < -0.39 is 0 Å². The number of rotatable bonds is 6. The predicted molar refractivity (Wildman–Crippen MR) is 210 cm³/mol. The molecule has 0 bridgehead atoms. The van der Waals surface area contributed by atoms with Crippen LogP contribution in [0, 0.1) is 11.3 Å². The summed E-state index contributed by atoms with van der Waals surface area (Å²) in [5.74, 6) is 1.76. The van der Waals surface area contributed by atoms with Crippen LogP contribution in [0.15, 0.2) is 158 Å². The molecule has 0 radical (unpaired) electrons. The maximum absolute atomic E-state index is 9.64. The first kappa shape index (κ1) is 31.9. The zero-order chi connectivity index (χ0) is 35.9. The Bertz CT molecular complexity index is 2680. The van der Waals surface area contributed by atoms with Crippen LogP contribution < -0.4 is 0 Å². The van der Waals surface area contributed by atoms with Crippen LogP contribution >= 0.6 is 0 Å². The summed E-state index contributed by atoms with van der Waals surface area (Å²) in [6.45, 7) is 4.47. The van der Waals surface area contributed by atoms with Gasteiger partial charge in [0.05, 0.1) is 17.3 Å². The summed E-state index contributed by atoms with van der Waals surface area (Å²) in [5, 5.41) is 9.64. The zero-order valence-electron chi connectivity index (χ0n) is 29.2. The number of aromatic nitrogens is 5. The molecule has 6 heteroatoms. The van der Waals surface area contributed by atoms with Gasteiger partial charge in [0.1, 0.15) is 0 Å². The quantitative estimate of drug-likeness (QED) is 0.174. The van der Waals surface area contributed by atoms with Gasteiger partial charge in [0, 0.05) is 46.3 Å². The molecule has 1 aliphatic rings. The number of pyridine rings is 2. The molecule has 0 fully saturated rings. The van der Waals surface area contributed by atoms with Crippen LogP contribution in [0.2, 0.25) is 0 Å². The molecule has 0 N–H and O–H groups in total. The smallest absolute Gasteiger partial charge is 0.164 e. The highest BCUT2D eigenvalue weighted by molar-refractivity contribution is 5.86. The van der Waals surface area contributed by atoms with E-state index in [1.54, 1.807) is 6.20 Å². The van der Waals surface area contributed by atoms with Crippen LogP contribution in [0.25, 0.3) is 78.8 Å². The first-order valence-electron chi connectivity index (χ1n) is 17.5. The van der Waals surface area contributed by atoms with Gasteiger partial charge in [-0.2, -0.15) is 5.26 Å². The predicted octanol–water partition coefficient (Wildman–Crippen LogP) is 10.8. The van der Waals surface area contributed by atoms with Crippen LogP contribution in [-0.2, 0) is 5.41 Å². The van der Waals surface area contributed by atoms with Gasteiger partial charge in [-0.25, -0.2) is 15.0 Å². The molecule has 9 rings (SSSR count). The monoisotopic (exact) mass is 680 g/mol. The van der Waals surface area contributed by atoms with Crippen molar-refractivity contribution in [3.8, 4) is 84.9 Å². The van der Waals surface area contributed by atoms with E-state index in [-0.39, 0.29) is 5.41 Å². The second-order valence-corrected chi connectivity index (χ2v) is 13.8. The molecule has 1 aliphatic carbocycles. The summed E-state index contributed by atoms with van der Waals surface area (Å²) in [6, 6.07) is 49.7. The van der Waals surface area contributed by atoms with Gasteiger partial charge in [-0.1, -0.05) is 98.8 Å². The Morgan fingerprint density at radius 3 is 1.77 bits per heavy atom. The molecule has 3 heterocycles. The summed E-state index contributed by atoms with van der Waals surface area (Å²) in [5.41, 5.74) is 13.9. The van der Waals surface area contributed by atoms with Crippen molar-refractivity contribution < 1.29 is 0 Å². The zero-order valence-corrected chi connectivity index (χ0v) is 29.2. The van der Waals surface area contributed by atoms with Crippen LogP contribution in [0.5, 0.6) is 0 Å². The molecule has 0 atom stereocenters. The highest BCUT2D eigenvalue weighted by Crippen LogP contribution is 2.50. The van der Waals surface area contributed by atoms with Gasteiger partial charge in [-0.3, -0.25) is 9.97 Å². The van der Waals surface area contributed by atoms with E-state index >= 15 is 0 Å². The van der Waals surface area contributed by atoms with Gasteiger partial charge < -0.3 is 0 Å². The third kappa shape index (κ3) is 5.85. The fraction of sp³-hybridized carbons (Fsp3) is 0.0638. The molecule has 3 aromatic heterocycles. The van der Waals surface area contributed by atoms with E-state index in [0.717, 1.165) is 50.2 Å². The van der Waals surface area contributed by atoms with Gasteiger partial charge in [0.15, 0.2) is 17.5 Å². The molecule has 8 aromatic rings. The number of nitriles is 1. The van der Waals surface area contributed by atoms with Crippen LogP contribution in [-0.4, -0.2) is 24.9 Å². The van der Waals surface area contributed by atoms with E-state index in [9.17, 15) is 5.26 Å². The number of fused-ring (bicyclic) bond motifs is 3. The minimum Gasteiger partial charge on any atom is -0.264 e. The molecule has 53 heavy (non-hydrogen) atoms. The van der Waals surface area contributed by atoms with Crippen LogP contribution in [0.3, 0.4) is 0 Å². The standard InChI is InChI=1S/C47H32N6/c1-47(2)41-23-30(28-48)13-19-39(41)40-20-18-34(27-42(40)47)36-24-37(43-12-6-7-22-50-43)26-38(25-36)46-52-44(32-9-4-3-5-10-32)51-45(53-46)33-16-14-31(15-17-33)35-11-8-21-49-29-35/h3-27,29H,1-2H3. The Balaban J connectivity index is 1.20. The first-order chi connectivity index (χ1) is 25.9. The lowest BCUT2D eigenvalue weighted by Gasteiger charge is -2.22. The number of nitrogens with zero attached hydrogens (tertiary/aromatic N) is 6. The third-order valence-corrected chi connectivity index (χ3v) is 10.1. The average molecular weight is 681 g/mol. The average Bonchev–Trinajstić information content (AvgIpc) is 3.46. The molecule has 0 saturated heterocycles. The van der Waals surface area contributed by atoms with Gasteiger partial charge in [-0.05, 0) is 99.1 Å². The van der Waals surface area contributed by atoms with Gasteiger partial charge in [-0.15, -0.1) is 0 Å². The van der Waals surface area contributed by atoms with Crippen molar-refractivity contribution in [3.63, 3.8) is 0 Å². The summed E-state index contributed by atoms with van der Waals surface area (Å²) >= 11 is 0. The van der Waals surface area contributed by atoms with Crippen LogP contribution in [0.1, 0.15) is 30.5 Å². The Hall–Kier alpha value is -7.10. The molecule has 5 aromatic carbocycles. The highest BCUT2D eigenvalue weighted by Gasteiger charge is 2.36. The first-order valence-corrected chi connectivity index (χ1v) is 17.5. The molecule has 6 nitrogen and oxygen atoms in total. The third-order valence-electron chi connectivity index (χ3n) is 10.1. The van der Waals surface area contributed by atoms with E-state index in [1.165, 1.54) is 22.3 Å². The number of hydrogen-bond donors (Lipinski definition) is 0. The maximum Gasteiger partial charge on any atom is 0.164 e. The van der Waals surface area contributed by atoms with E-state index in [1.807, 2.05) is 85.2 Å². The molecule has 250 valence electrons. The van der Waals surface area contributed by atoms with Crippen molar-refractivity contribution in [2.24, 2.45) is 0 Å². The van der Waals surface area contributed by atoms with E-state index in [4.69, 9.17) is 19.9 Å². The van der Waals surface area contributed by atoms with E-state index in [0.29, 0.717) is 23.0 Å². The largest absolute Gasteiger partial charge is 0.264 e. The molecule has 0 saturated carbocycles. The number of hydrogen-bond acceptors (Lipinski definition) is 6. The summed E-state index contributed by atoms with van der Waals surface area (Å²) in [4.78, 5) is 24.2. The van der Waals surface area contributed by atoms with Crippen molar-refractivity contribution in [3.05, 3.63) is 175 Å². The second-order valence-electron chi connectivity index (χ2n) is 13.8. The minimum absolute atomic E-state index is 0.269. The van der Waals surface area contributed by atoms with Crippen LogP contribution in [0.4, 0.5) is 0 Å². The van der Waals surface area contributed by atoms with Gasteiger partial charge >= 0.3 is 0 Å². The Morgan fingerprint density at radius 1 is 0.472 bits per heavy atom. The van der Waals surface area contributed by atoms with Crippen molar-refractivity contribution in [1.29, 1.82) is 5.26 Å². The minimum atomic E-state index is -0.269. The van der Waals surface area contributed by atoms with Crippen molar-refractivity contribution in [1.82, 2.24) is 24.9 Å². The van der Waals surface area contributed by atoms with Crippen molar-refractivity contribution in [2.75, 3.05) is 0 Å². The lowest BCUT2D eigenvalue weighted by atomic mass is 9.81. The lowest BCUT2D eigenvalue weighted by Crippen LogP contribution is -2.15. The highest BCUT2D eigenvalue weighted by atomic mass is 15.0. The molecule has 0 amide bonds. The Labute approximate surface area is 308 Å². The van der Waals surface area contributed by atoms with Crippen molar-refractivity contribution in [2.45, 2.75) is 19.3 Å². The fourth-order valence-corrected chi connectivity index (χ4v) is 7.29. The molecule has 0 aliphatic heterocycles. The van der Waals surface area contributed by atoms with Gasteiger partial charge in [0.25, 0.3) is 0 Å². The van der Waals surface area contributed by atoms with Crippen molar-refractivity contribution >= 4 is 0 Å². The lowest BCUT2D eigenvalue weighted by molar-refractivity contribution is 0.660. The Kier molecular flexibility index (Phi) is 7.75. The van der Waals surface area contributed by atoms with Gasteiger partial charge in [0.2, 0.25) is 0 Å².